The van der Waals surface area contributed by atoms with E-state index in [-0.39, 0.29) is 12.1 Å². The summed E-state index contributed by atoms with van der Waals surface area (Å²) in [6.07, 6.45) is 0.735. The SMILES string of the molecule is COc1cc2c(cc1OCc1ccccc1)CCN(C(=O)NCCCl)C2c1ccccc1. The van der Waals surface area contributed by atoms with Gasteiger partial charge in [0.15, 0.2) is 11.5 Å². The van der Waals surface area contributed by atoms with E-state index in [2.05, 4.69) is 11.4 Å². The Balaban J connectivity index is 1.68. The predicted octanol–water partition coefficient (Wildman–Crippen LogP) is 5.17. The van der Waals surface area contributed by atoms with Crippen molar-refractivity contribution in [1.82, 2.24) is 10.2 Å². The number of carbonyl (C=O) groups is 1. The number of fused-ring (bicyclic) bond motifs is 1. The Morgan fingerprint density at radius 3 is 2.47 bits per heavy atom. The summed E-state index contributed by atoms with van der Waals surface area (Å²) in [5.41, 5.74) is 4.35. The third kappa shape index (κ3) is 4.83. The van der Waals surface area contributed by atoms with Gasteiger partial charge in [-0.1, -0.05) is 60.7 Å². The van der Waals surface area contributed by atoms with E-state index in [4.69, 9.17) is 21.1 Å². The van der Waals surface area contributed by atoms with Crippen molar-refractivity contribution in [2.45, 2.75) is 19.1 Å². The van der Waals surface area contributed by atoms with Gasteiger partial charge in [-0.3, -0.25) is 0 Å². The van der Waals surface area contributed by atoms with Gasteiger partial charge in [-0.2, -0.15) is 0 Å². The fourth-order valence-corrected chi connectivity index (χ4v) is 4.20. The molecule has 1 N–H and O–H groups in total. The van der Waals surface area contributed by atoms with Gasteiger partial charge >= 0.3 is 6.03 Å². The average molecular weight is 451 g/mol. The van der Waals surface area contributed by atoms with Crippen LogP contribution in [0.2, 0.25) is 0 Å². The van der Waals surface area contributed by atoms with Crippen LogP contribution in [0.3, 0.4) is 0 Å². The molecule has 0 aliphatic carbocycles. The zero-order valence-corrected chi connectivity index (χ0v) is 18.8. The van der Waals surface area contributed by atoms with E-state index < -0.39 is 0 Å². The van der Waals surface area contributed by atoms with E-state index >= 15 is 0 Å². The Bertz CT molecular complexity index is 1040. The molecule has 1 aliphatic rings. The van der Waals surface area contributed by atoms with Gasteiger partial charge in [0.05, 0.1) is 13.2 Å². The molecular formula is C26H27ClN2O3. The molecule has 0 spiro atoms. The van der Waals surface area contributed by atoms with Gasteiger partial charge in [-0.15, -0.1) is 11.6 Å². The van der Waals surface area contributed by atoms with Crippen LogP contribution in [0.15, 0.2) is 72.8 Å². The maximum Gasteiger partial charge on any atom is 0.318 e. The van der Waals surface area contributed by atoms with Gasteiger partial charge < -0.3 is 19.7 Å². The van der Waals surface area contributed by atoms with Crippen molar-refractivity contribution in [3.8, 4) is 11.5 Å². The van der Waals surface area contributed by atoms with Gasteiger partial charge in [0.2, 0.25) is 0 Å². The van der Waals surface area contributed by atoms with E-state index in [1.807, 2.05) is 71.6 Å². The summed E-state index contributed by atoms with van der Waals surface area (Å²) in [5.74, 6) is 1.74. The molecule has 1 atom stereocenters. The molecule has 0 saturated carbocycles. The minimum Gasteiger partial charge on any atom is -0.493 e. The first kappa shape index (κ1) is 22.0. The van der Waals surface area contributed by atoms with Crippen molar-refractivity contribution in [2.24, 2.45) is 0 Å². The second-order valence-electron chi connectivity index (χ2n) is 7.65. The highest BCUT2D eigenvalue weighted by Gasteiger charge is 2.33. The van der Waals surface area contributed by atoms with Gasteiger partial charge in [0.1, 0.15) is 6.61 Å². The smallest absolute Gasteiger partial charge is 0.318 e. The van der Waals surface area contributed by atoms with Gasteiger partial charge in [-0.25, -0.2) is 4.79 Å². The minimum atomic E-state index is -0.215. The van der Waals surface area contributed by atoms with E-state index in [1.165, 1.54) is 0 Å². The zero-order valence-electron chi connectivity index (χ0n) is 18.1. The Labute approximate surface area is 193 Å². The number of halogens is 1. The number of amides is 2. The maximum atomic E-state index is 12.9. The first-order valence-electron chi connectivity index (χ1n) is 10.7. The molecule has 0 radical (unpaired) electrons. The standard InChI is InChI=1S/C26H27ClN2O3/c1-31-23-17-22-21(16-24(23)32-18-19-8-4-2-5-9-19)12-15-29(26(30)28-14-13-27)25(22)20-10-6-3-7-11-20/h2-11,16-17,25H,12-15,18H2,1H3,(H,28,30). The summed E-state index contributed by atoms with van der Waals surface area (Å²) >= 11 is 5.79. The number of benzene rings is 3. The van der Waals surface area contributed by atoms with E-state index in [1.54, 1.807) is 7.11 Å². The second kappa shape index (κ2) is 10.4. The van der Waals surface area contributed by atoms with Crippen molar-refractivity contribution in [1.29, 1.82) is 0 Å². The number of carbonyl (C=O) groups excluding carboxylic acids is 1. The van der Waals surface area contributed by atoms with Crippen molar-refractivity contribution >= 4 is 17.6 Å². The monoisotopic (exact) mass is 450 g/mol. The average Bonchev–Trinajstić information content (AvgIpc) is 2.85. The predicted molar refractivity (Wildman–Crippen MR) is 127 cm³/mol. The molecule has 3 aromatic rings. The lowest BCUT2D eigenvalue weighted by atomic mass is 9.88. The fraction of sp³-hybridized carbons (Fsp3) is 0.269. The molecule has 0 aromatic heterocycles. The molecule has 2 amide bonds. The van der Waals surface area contributed by atoms with Crippen molar-refractivity contribution in [3.63, 3.8) is 0 Å². The Hall–Kier alpha value is -3.18. The summed E-state index contributed by atoms with van der Waals surface area (Å²) in [4.78, 5) is 14.8. The third-order valence-corrected chi connectivity index (χ3v) is 5.83. The number of hydrogen-bond donors (Lipinski definition) is 1. The topological polar surface area (TPSA) is 50.8 Å². The lowest BCUT2D eigenvalue weighted by molar-refractivity contribution is 0.180. The second-order valence-corrected chi connectivity index (χ2v) is 8.03. The molecule has 4 rings (SSSR count). The van der Waals surface area contributed by atoms with Gasteiger partial charge in [0, 0.05) is 19.0 Å². The molecule has 0 bridgehead atoms. The molecule has 1 aliphatic heterocycles. The normalized spacial score (nSPS) is 15.1. The number of alkyl halides is 1. The van der Waals surface area contributed by atoms with Crippen LogP contribution in [0.4, 0.5) is 4.79 Å². The van der Waals surface area contributed by atoms with Crippen LogP contribution in [0.5, 0.6) is 11.5 Å². The number of nitrogens with zero attached hydrogens (tertiary/aromatic N) is 1. The number of nitrogens with one attached hydrogen (secondary N) is 1. The van der Waals surface area contributed by atoms with Crippen molar-refractivity contribution in [2.75, 3.05) is 26.1 Å². The Morgan fingerprint density at radius 1 is 1.06 bits per heavy atom. The molecule has 5 nitrogen and oxygen atoms in total. The fourth-order valence-electron chi connectivity index (χ4n) is 4.10. The van der Waals surface area contributed by atoms with E-state index in [0.29, 0.717) is 37.1 Å². The number of ether oxygens (including phenoxy) is 2. The Morgan fingerprint density at radius 2 is 1.78 bits per heavy atom. The van der Waals surface area contributed by atoms with Gasteiger partial charge in [-0.05, 0) is 40.8 Å². The summed E-state index contributed by atoms with van der Waals surface area (Å²) in [5, 5.41) is 2.91. The zero-order chi connectivity index (χ0) is 22.3. The molecular weight excluding hydrogens is 424 g/mol. The van der Waals surface area contributed by atoms with Crippen LogP contribution >= 0.6 is 11.6 Å². The van der Waals surface area contributed by atoms with Crippen LogP contribution in [0.1, 0.15) is 28.3 Å². The summed E-state index contributed by atoms with van der Waals surface area (Å²) in [6, 6.07) is 23.8. The van der Waals surface area contributed by atoms with Crippen LogP contribution in [0, 0.1) is 0 Å². The highest BCUT2D eigenvalue weighted by Crippen LogP contribution is 2.41. The molecule has 6 heteroatoms. The largest absolute Gasteiger partial charge is 0.493 e. The quantitative estimate of drug-likeness (QED) is 0.505. The molecule has 166 valence electrons. The molecule has 3 aromatic carbocycles. The number of hydrogen-bond acceptors (Lipinski definition) is 3. The van der Waals surface area contributed by atoms with Crippen LogP contribution in [0.25, 0.3) is 0 Å². The van der Waals surface area contributed by atoms with Crippen LogP contribution in [-0.4, -0.2) is 37.0 Å². The van der Waals surface area contributed by atoms with Crippen molar-refractivity contribution in [3.05, 3.63) is 95.1 Å². The Kier molecular flexibility index (Phi) is 7.17. The lowest BCUT2D eigenvalue weighted by Gasteiger charge is -2.38. The minimum absolute atomic E-state index is 0.117. The van der Waals surface area contributed by atoms with Gasteiger partial charge in [0.25, 0.3) is 0 Å². The highest BCUT2D eigenvalue weighted by atomic mass is 35.5. The van der Waals surface area contributed by atoms with Crippen molar-refractivity contribution < 1.29 is 14.3 Å². The van der Waals surface area contributed by atoms with Crippen LogP contribution < -0.4 is 14.8 Å². The summed E-state index contributed by atoms with van der Waals surface area (Å²) in [7, 11) is 1.64. The third-order valence-electron chi connectivity index (χ3n) is 5.64. The number of methoxy groups -OCH3 is 1. The molecule has 1 unspecified atom stereocenters. The van der Waals surface area contributed by atoms with E-state index in [9.17, 15) is 4.79 Å². The molecule has 0 fully saturated rings. The summed E-state index contributed by atoms with van der Waals surface area (Å²) in [6.45, 7) is 1.50. The maximum absolute atomic E-state index is 12.9. The highest BCUT2D eigenvalue weighted by molar-refractivity contribution is 6.18. The van der Waals surface area contributed by atoms with E-state index in [0.717, 1.165) is 28.7 Å². The molecule has 32 heavy (non-hydrogen) atoms. The number of rotatable bonds is 7. The molecule has 0 saturated heterocycles. The van der Waals surface area contributed by atoms with Crippen LogP contribution in [-0.2, 0) is 13.0 Å². The molecule has 1 heterocycles. The first-order valence-corrected chi connectivity index (χ1v) is 11.3. The summed E-state index contributed by atoms with van der Waals surface area (Å²) < 4.78 is 11.8. The first-order chi connectivity index (χ1) is 15.7. The number of urea groups is 1. The lowest BCUT2D eigenvalue weighted by Crippen LogP contribution is -2.46.